The van der Waals surface area contributed by atoms with Crippen molar-refractivity contribution in [3.8, 4) is 5.69 Å². The predicted molar refractivity (Wildman–Crippen MR) is 88.1 cm³/mol. The van der Waals surface area contributed by atoms with Crippen molar-refractivity contribution in [2.24, 2.45) is 0 Å². The molecule has 3 heterocycles. The molecule has 23 heavy (non-hydrogen) atoms. The van der Waals surface area contributed by atoms with Gasteiger partial charge >= 0.3 is 0 Å². The molecule has 4 aromatic rings. The Morgan fingerprint density at radius 2 is 1.91 bits per heavy atom. The number of fused-ring (bicyclic) bond motifs is 3. The Balaban J connectivity index is 2.11. The molecule has 0 atom stereocenters. The van der Waals surface area contributed by atoms with Crippen LogP contribution in [0.3, 0.4) is 0 Å². The Morgan fingerprint density at radius 1 is 1.09 bits per heavy atom. The van der Waals surface area contributed by atoms with Crippen LogP contribution in [0.4, 0.5) is 0 Å². The molecular formula is C17H15N5O. The first-order valence-corrected chi connectivity index (χ1v) is 7.35. The van der Waals surface area contributed by atoms with Gasteiger partial charge < -0.3 is 0 Å². The fourth-order valence-electron chi connectivity index (χ4n) is 3.00. The Bertz CT molecular complexity index is 1120. The third kappa shape index (κ3) is 1.95. The number of nitrogens with zero attached hydrogens (tertiary/aromatic N) is 5. The Labute approximate surface area is 132 Å². The minimum atomic E-state index is -0.100. The lowest BCUT2D eigenvalue weighted by Crippen LogP contribution is -2.20. The molecule has 114 valence electrons. The van der Waals surface area contributed by atoms with Gasteiger partial charge in [-0.05, 0) is 38.5 Å². The predicted octanol–water partition coefficient (Wildman–Crippen LogP) is 2.35. The average molecular weight is 305 g/mol. The molecule has 0 aliphatic rings. The average Bonchev–Trinajstić information content (AvgIpc) is 2.96. The first-order chi connectivity index (χ1) is 11.1. The maximum absolute atomic E-state index is 13.0. The van der Waals surface area contributed by atoms with E-state index in [1.165, 1.54) is 11.9 Å². The largest absolute Gasteiger partial charge is 0.283 e. The molecule has 6 nitrogen and oxygen atoms in total. The Kier molecular flexibility index (Phi) is 2.81. The summed E-state index contributed by atoms with van der Waals surface area (Å²) >= 11 is 0. The molecule has 0 aliphatic heterocycles. The number of hydrogen-bond acceptors (Lipinski definition) is 4. The van der Waals surface area contributed by atoms with Crippen molar-refractivity contribution < 1.29 is 0 Å². The molecule has 0 aliphatic carbocycles. The molecule has 0 amide bonds. The van der Waals surface area contributed by atoms with Gasteiger partial charge in [0.25, 0.3) is 11.3 Å². The maximum Gasteiger partial charge on any atom is 0.266 e. The van der Waals surface area contributed by atoms with E-state index < -0.39 is 0 Å². The maximum atomic E-state index is 13.0. The van der Waals surface area contributed by atoms with Crippen LogP contribution in [0.1, 0.15) is 16.8 Å². The Hall–Kier alpha value is -3.02. The first-order valence-electron chi connectivity index (χ1n) is 7.35. The topological polar surface area (TPSA) is 65.1 Å². The minimum Gasteiger partial charge on any atom is -0.283 e. The molecule has 0 unspecified atom stereocenters. The Morgan fingerprint density at radius 3 is 2.70 bits per heavy atom. The van der Waals surface area contributed by atoms with Gasteiger partial charge in [0, 0.05) is 6.20 Å². The second-order valence-corrected chi connectivity index (χ2v) is 5.71. The van der Waals surface area contributed by atoms with Crippen LogP contribution in [0.5, 0.6) is 0 Å². The zero-order chi connectivity index (χ0) is 16.1. The highest BCUT2D eigenvalue weighted by molar-refractivity contribution is 5.82. The number of hydrogen-bond donors (Lipinski definition) is 0. The molecular weight excluding hydrogens is 290 g/mol. The molecule has 0 N–H and O–H groups in total. The van der Waals surface area contributed by atoms with Gasteiger partial charge in [-0.3, -0.25) is 9.36 Å². The number of benzene rings is 1. The van der Waals surface area contributed by atoms with Gasteiger partial charge in [0.05, 0.1) is 22.3 Å². The molecule has 0 spiro atoms. The lowest BCUT2D eigenvalue weighted by Gasteiger charge is -2.12. The zero-order valence-electron chi connectivity index (χ0n) is 13.1. The van der Waals surface area contributed by atoms with E-state index in [4.69, 9.17) is 0 Å². The van der Waals surface area contributed by atoms with E-state index in [0.29, 0.717) is 16.9 Å². The van der Waals surface area contributed by atoms with E-state index >= 15 is 0 Å². The molecule has 3 aromatic heterocycles. The minimum absolute atomic E-state index is 0.100. The summed E-state index contributed by atoms with van der Waals surface area (Å²) in [5.74, 6) is 0.499. The van der Waals surface area contributed by atoms with E-state index in [-0.39, 0.29) is 5.56 Å². The van der Waals surface area contributed by atoms with Gasteiger partial charge in [0.1, 0.15) is 6.33 Å². The van der Waals surface area contributed by atoms with Crippen LogP contribution in [0.15, 0.2) is 41.6 Å². The lowest BCUT2D eigenvalue weighted by atomic mass is 10.1. The second-order valence-electron chi connectivity index (χ2n) is 5.71. The van der Waals surface area contributed by atoms with Crippen molar-refractivity contribution in [3.05, 3.63) is 64.0 Å². The highest BCUT2D eigenvalue weighted by Crippen LogP contribution is 2.18. The standard InChI is InChI=1S/C17H15N5O/c1-10-4-5-13(11(2)8-10)21-7-6-14-15(16(21)23)12(3)20-17-18-9-19-22(14)17/h4-9H,1-3H3. The normalized spacial score (nSPS) is 11.4. The van der Waals surface area contributed by atoms with Gasteiger partial charge in [-0.2, -0.15) is 14.6 Å². The smallest absolute Gasteiger partial charge is 0.266 e. The first kappa shape index (κ1) is 13.6. The summed E-state index contributed by atoms with van der Waals surface area (Å²) in [6.07, 6.45) is 3.22. The van der Waals surface area contributed by atoms with Gasteiger partial charge in [0.15, 0.2) is 0 Å². The summed E-state index contributed by atoms with van der Waals surface area (Å²) in [5, 5.41) is 4.72. The third-order valence-electron chi connectivity index (χ3n) is 4.07. The lowest BCUT2D eigenvalue weighted by molar-refractivity contribution is 0.945. The number of aryl methyl sites for hydroxylation is 3. The number of aromatic nitrogens is 5. The fraction of sp³-hybridized carbons (Fsp3) is 0.176. The van der Waals surface area contributed by atoms with Gasteiger partial charge in [-0.15, -0.1) is 0 Å². The van der Waals surface area contributed by atoms with E-state index in [0.717, 1.165) is 16.8 Å². The highest BCUT2D eigenvalue weighted by atomic mass is 16.1. The molecule has 6 heteroatoms. The summed E-state index contributed by atoms with van der Waals surface area (Å²) in [4.78, 5) is 21.5. The van der Waals surface area contributed by atoms with E-state index in [2.05, 4.69) is 21.1 Å². The molecule has 0 saturated carbocycles. The van der Waals surface area contributed by atoms with Gasteiger partial charge in [0.2, 0.25) is 0 Å². The van der Waals surface area contributed by atoms with Crippen molar-refractivity contribution in [1.82, 2.24) is 24.1 Å². The summed E-state index contributed by atoms with van der Waals surface area (Å²) in [6.45, 7) is 5.87. The van der Waals surface area contributed by atoms with Crippen LogP contribution in [0.2, 0.25) is 0 Å². The van der Waals surface area contributed by atoms with E-state index in [1.54, 1.807) is 15.3 Å². The molecule has 1 aromatic carbocycles. The quantitative estimate of drug-likeness (QED) is 0.541. The number of pyridine rings is 1. The zero-order valence-corrected chi connectivity index (χ0v) is 13.1. The van der Waals surface area contributed by atoms with Crippen LogP contribution < -0.4 is 5.56 Å². The second kappa shape index (κ2) is 4.74. The van der Waals surface area contributed by atoms with E-state index in [1.807, 2.05) is 39.0 Å². The summed E-state index contributed by atoms with van der Waals surface area (Å²) in [7, 11) is 0. The third-order valence-corrected chi connectivity index (χ3v) is 4.07. The van der Waals surface area contributed by atoms with Gasteiger partial charge in [-0.25, -0.2) is 4.98 Å². The van der Waals surface area contributed by atoms with Crippen LogP contribution in [-0.4, -0.2) is 24.1 Å². The fourth-order valence-corrected chi connectivity index (χ4v) is 3.00. The molecule has 0 saturated heterocycles. The van der Waals surface area contributed by atoms with Crippen molar-refractivity contribution >= 4 is 16.7 Å². The molecule has 0 radical (unpaired) electrons. The molecule has 4 rings (SSSR count). The molecule has 0 fully saturated rings. The highest BCUT2D eigenvalue weighted by Gasteiger charge is 2.13. The van der Waals surface area contributed by atoms with E-state index in [9.17, 15) is 4.79 Å². The van der Waals surface area contributed by atoms with Crippen LogP contribution in [-0.2, 0) is 0 Å². The summed E-state index contributed by atoms with van der Waals surface area (Å²) in [6, 6.07) is 7.92. The monoisotopic (exact) mass is 305 g/mol. The van der Waals surface area contributed by atoms with Crippen molar-refractivity contribution in [2.75, 3.05) is 0 Å². The number of rotatable bonds is 1. The van der Waals surface area contributed by atoms with Crippen molar-refractivity contribution in [3.63, 3.8) is 0 Å². The van der Waals surface area contributed by atoms with Crippen LogP contribution >= 0.6 is 0 Å². The summed E-state index contributed by atoms with van der Waals surface area (Å²) in [5.41, 5.74) is 4.37. The van der Waals surface area contributed by atoms with Crippen LogP contribution in [0.25, 0.3) is 22.4 Å². The molecule has 0 bridgehead atoms. The van der Waals surface area contributed by atoms with Crippen molar-refractivity contribution in [1.29, 1.82) is 0 Å². The van der Waals surface area contributed by atoms with Crippen LogP contribution in [0, 0.1) is 20.8 Å². The van der Waals surface area contributed by atoms with Crippen molar-refractivity contribution in [2.45, 2.75) is 20.8 Å². The van der Waals surface area contributed by atoms with Gasteiger partial charge in [-0.1, -0.05) is 17.7 Å². The SMILES string of the molecule is Cc1ccc(-n2ccc3c(c(C)nc4ncnn43)c2=O)c(C)c1. The summed E-state index contributed by atoms with van der Waals surface area (Å²) < 4.78 is 3.25.